The van der Waals surface area contributed by atoms with Crippen LogP contribution in [-0.4, -0.2) is 40.5 Å². The standard InChI is InChI=1S/C16H19N3O5/c1-3-23-15(21)18-19(16(22)24-4-2)10-12-9-8-11-6-5-7-13(20)14(11)17-12/h5-9,20H,3-4,10H2,1-2H3,(H,18,21). The smallest absolute Gasteiger partial charge is 0.429 e. The summed E-state index contributed by atoms with van der Waals surface area (Å²) in [4.78, 5) is 27.9. The first-order valence-electron chi connectivity index (χ1n) is 7.50. The van der Waals surface area contributed by atoms with Crippen LogP contribution < -0.4 is 5.43 Å². The van der Waals surface area contributed by atoms with Gasteiger partial charge in [0.05, 0.1) is 25.5 Å². The lowest BCUT2D eigenvalue weighted by atomic mass is 10.2. The van der Waals surface area contributed by atoms with Gasteiger partial charge < -0.3 is 14.6 Å². The molecule has 1 aromatic heterocycles. The van der Waals surface area contributed by atoms with Crippen molar-refractivity contribution in [3.05, 3.63) is 36.0 Å². The van der Waals surface area contributed by atoms with E-state index in [0.29, 0.717) is 11.2 Å². The number of aromatic nitrogens is 1. The van der Waals surface area contributed by atoms with Gasteiger partial charge in [-0.1, -0.05) is 18.2 Å². The van der Waals surface area contributed by atoms with E-state index in [2.05, 4.69) is 10.4 Å². The van der Waals surface area contributed by atoms with Gasteiger partial charge in [0.1, 0.15) is 11.3 Å². The Labute approximate surface area is 139 Å². The van der Waals surface area contributed by atoms with Gasteiger partial charge in [0.25, 0.3) is 0 Å². The fourth-order valence-electron chi connectivity index (χ4n) is 2.05. The third-order valence-corrected chi connectivity index (χ3v) is 3.07. The van der Waals surface area contributed by atoms with Crippen LogP contribution in [0.2, 0.25) is 0 Å². The monoisotopic (exact) mass is 333 g/mol. The molecule has 1 aromatic carbocycles. The van der Waals surface area contributed by atoms with Gasteiger partial charge in [0.2, 0.25) is 0 Å². The van der Waals surface area contributed by atoms with Crippen molar-refractivity contribution < 1.29 is 24.2 Å². The number of amides is 2. The number of nitrogens with zero attached hydrogens (tertiary/aromatic N) is 2. The van der Waals surface area contributed by atoms with E-state index >= 15 is 0 Å². The molecule has 0 spiro atoms. The number of nitrogens with one attached hydrogen (secondary N) is 1. The lowest BCUT2D eigenvalue weighted by Crippen LogP contribution is -2.46. The van der Waals surface area contributed by atoms with E-state index in [1.165, 1.54) is 6.07 Å². The van der Waals surface area contributed by atoms with E-state index in [0.717, 1.165) is 10.4 Å². The third kappa shape index (κ3) is 4.25. The lowest BCUT2D eigenvalue weighted by Gasteiger charge is -2.21. The molecule has 2 amide bonds. The zero-order chi connectivity index (χ0) is 17.5. The van der Waals surface area contributed by atoms with Gasteiger partial charge in [-0.25, -0.2) is 25.0 Å². The van der Waals surface area contributed by atoms with Crippen molar-refractivity contribution in [2.75, 3.05) is 13.2 Å². The lowest BCUT2D eigenvalue weighted by molar-refractivity contribution is 0.0707. The van der Waals surface area contributed by atoms with Crippen LogP contribution in [0.5, 0.6) is 5.75 Å². The number of fused-ring (bicyclic) bond motifs is 1. The second-order valence-electron chi connectivity index (χ2n) is 4.77. The molecule has 8 nitrogen and oxygen atoms in total. The molecule has 0 atom stereocenters. The summed E-state index contributed by atoms with van der Waals surface area (Å²) in [6.45, 7) is 3.60. The molecular formula is C16H19N3O5. The first-order valence-corrected chi connectivity index (χ1v) is 7.50. The number of hydrazine groups is 1. The van der Waals surface area contributed by atoms with Crippen LogP contribution in [-0.2, 0) is 16.0 Å². The van der Waals surface area contributed by atoms with Crippen LogP contribution in [0.4, 0.5) is 9.59 Å². The molecule has 0 saturated carbocycles. The minimum absolute atomic E-state index is 0.0374. The Morgan fingerprint density at radius 2 is 1.92 bits per heavy atom. The number of benzene rings is 1. The summed E-state index contributed by atoms with van der Waals surface area (Å²) in [6, 6.07) is 8.52. The van der Waals surface area contributed by atoms with Crippen molar-refractivity contribution in [1.82, 2.24) is 15.4 Å². The van der Waals surface area contributed by atoms with Crippen LogP contribution in [0.15, 0.2) is 30.3 Å². The number of rotatable bonds is 4. The average molecular weight is 333 g/mol. The van der Waals surface area contributed by atoms with Crippen molar-refractivity contribution in [2.24, 2.45) is 0 Å². The molecule has 128 valence electrons. The number of aromatic hydroxyl groups is 1. The average Bonchev–Trinajstić information content (AvgIpc) is 2.55. The Bertz CT molecular complexity index is 735. The van der Waals surface area contributed by atoms with Gasteiger partial charge >= 0.3 is 12.2 Å². The van der Waals surface area contributed by atoms with E-state index in [4.69, 9.17) is 9.47 Å². The second kappa shape index (κ2) is 8.00. The molecule has 0 bridgehead atoms. The van der Waals surface area contributed by atoms with Gasteiger partial charge in [-0.05, 0) is 26.0 Å². The molecule has 2 aromatic rings. The number of para-hydroxylation sites is 1. The summed E-state index contributed by atoms with van der Waals surface area (Å²) in [7, 11) is 0. The molecule has 0 aliphatic heterocycles. The minimum atomic E-state index is -0.769. The fraction of sp³-hybridized carbons (Fsp3) is 0.312. The van der Waals surface area contributed by atoms with Gasteiger partial charge in [-0.3, -0.25) is 0 Å². The highest BCUT2D eigenvalue weighted by molar-refractivity contribution is 5.84. The Balaban J connectivity index is 2.22. The molecular weight excluding hydrogens is 314 g/mol. The summed E-state index contributed by atoms with van der Waals surface area (Å²) in [5.41, 5.74) is 3.19. The number of hydrogen-bond acceptors (Lipinski definition) is 6. The SMILES string of the molecule is CCOC(=O)NN(Cc1ccc2cccc(O)c2n1)C(=O)OCC. The minimum Gasteiger partial charge on any atom is -0.506 e. The molecule has 0 aliphatic carbocycles. The summed E-state index contributed by atoms with van der Waals surface area (Å²) < 4.78 is 9.67. The quantitative estimate of drug-likeness (QED) is 0.834. The Hall–Kier alpha value is -3.03. The van der Waals surface area contributed by atoms with E-state index in [-0.39, 0.29) is 25.5 Å². The first kappa shape index (κ1) is 17.3. The summed E-state index contributed by atoms with van der Waals surface area (Å²) in [6.07, 6.45) is -1.50. The summed E-state index contributed by atoms with van der Waals surface area (Å²) in [5.74, 6) is 0.0374. The summed E-state index contributed by atoms with van der Waals surface area (Å²) >= 11 is 0. The van der Waals surface area contributed by atoms with Crippen LogP contribution in [0.25, 0.3) is 10.9 Å². The van der Waals surface area contributed by atoms with Crippen LogP contribution >= 0.6 is 0 Å². The van der Waals surface area contributed by atoms with Crippen LogP contribution in [0, 0.1) is 0 Å². The highest BCUT2D eigenvalue weighted by Gasteiger charge is 2.19. The Morgan fingerprint density at radius 3 is 2.62 bits per heavy atom. The molecule has 1 heterocycles. The van der Waals surface area contributed by atoms with Gasteiger partial charge in [-0.2, -0.15) is 0 Å². The predicted molar refractivity (Wildman–Crippen MR) is 86.1 cm³/mol. The zero-order valence-electron chi connectivity index (χ0n) is 13.5. The van der Waals surface area contributed by atoms with E-state index in [9.17, 15) is 14.7 Å². The molecule has 24 heavy (non-hydrogen) atoms. The molecule has 2 N–H and O–H groups in total. The maximum Gasteiger partial charge on any atom is 0.429 e. The Morgan fingerprint density at radius 1 is 1.17 bits per heavy atom. The number of phenolic OH excluding ortho intramolecular Hbond substituents is 1. The topological polar surface area (TPSA) is 101 Å². The Kier molecular flexibility index (Phi) is 5.78. The molecule has 0 radical (unpaired) electrons. The highest BCUT2D eigenvalue weighted by atomic mass is 16.6. The van der Waals surface area contributed by atoms with E-state index in [1.807, 2.05) is 6.07 Å². The van der Waals surface area contributed by atoms with Gasteiger partial charge in [-0.15, -0.1) is 0 Å². The van der Waals surface area contributed by atoms with Crippen molar-refractivity contribution in [3.8, 4) is 5.75 Å². The van der Waals surface area contributed by atoms with Crippen molar-refractivity contribution >= 4 is 23.1 Å². The van der Waals surface area contributed by atoms with Crippen molar-refractivity contribution in [1.29, 1.82) is 0 Å². The van der Waals surface area contributed by atoms with Crippen LogP contribution in [0.3, 0.4) is 0 Å². The number of carbonyl (C=O) groups is 2. The zero-order valence-corrected chi connectivity index (χ0v) is 13.5. The second-order valence-corrected chi connectivity index (χ2v) is 4.77. The molecule has 2 rings (SSSR count). The number of hydrogen-bond donors (Lipinski definition) is 2. The predicted octanol–water partition coefficient (Wildman–Crippen LogP) is 2.56. The number of ether oxygens (including phenoxy) is 2. The molecule has 0 saturated heterocycles. The number of carbonyl (C=O) groups excluding carboxylic acids is 2. The van der Waals surface area contributed by atoms with Crippen molar-refractivity contribution in [3.63, 3.8) is 0 Å². The highest BCUT2D eigenvalue weighted by Crippen LogP contribution is 2.22. The first-order chi connectivity index (χ1) is 11.5. The third-order valence-electron chi connectivity index (χ3n) is 3.07. The van der Waals surface area contributed by atoms with Crippen LogP contribution in [0.1, 0.15) is 19.5 Å². The maximum atomic E-state index is 12.0. The summed E-state index contributed by atoms with van der Waals surface area (Å²) in [5, 5.41) is 11.6. The maximum absolute atomic E-state index is 12.0. The van der Waals surface area contributed by atoms with E-state index in [1.54, 1.807) is 32.0 Å². The van der Waals surface area contributed by atoms with Crippen molar-refractivity contribution in [2.45, 2.75) is 20.4 Å². The largest absolute Gasteiger partial charge is 0.506 e. The molecule has 8 heteroatoms. The normalized spacial score (nSPS) is 10.2. The number of phenols is 1. The van der Waals surface area contributed by atoms with E-state index < -0.39 is 12.2 Å². The van der Waals surface area contributed by atoms with Gasteiger partial charge in [0, 0.05) is 5.39 Å². The van der Waals surface area contributed by atoms with Gasteiger partial charge in [0.15, 0.2) is 0 Å². The molecule has 0 aliphatic rings. The molecule has 0 unspecified atom stereocenters. The molecule has 0 fully saturated rings. The number of pyridine rings is 1. The fourth-order valence-corrected chi connectivity index (χ4v) is 2.05.